The number of carbonyl (C=O) groups is 5. The number of carbonyl (C=O) groups excluding carboxylic acids is 3. The van der Waals surface area contributed by atoms with Crippen LogP contribution in [0.4, 0.5) is 0 Å². The molecule has 3 amide bonds. The number of aliphatic carboxylic acids is 2. The molecule has 1 aromatic heterocycles. The highest BCUT2D eigenvalue weighted by molar-refractivity contribution is 7.10. The second kappa shape index (κ2) is 18.7. The summed E-state index contributed by atoms with van der Waals surface area (Å²) in [6.07, 6.45) is 0.374. The van der Waals surface area contributed by atoms with Gasteiger partial charge in [0.05, 0.1) is 18.2 Å². The molecule has 0 aliphatic carbocycles. The van der Waals surface area contributed by atoms with Crippen LogP contribution in [-0.2, 0) is 29.5 Å². The zero-order valence-electron chi connectivity index (χ0n) is 26.6. The summed E-state index contributed by atoms with van der Waals surface area (Å²) in [5.74, 6) is -4.30. The minimum absolute atomic E-state index is 0.0683. The predicted octanol–water partition coefficient (Wildman–Crippen LogP) is 1.54. The maximum atomic E-state index is 14.0. The molecule has 14 heteroatoms. The van der Waals surface area contributed by atoms with E-state index < -0.39 is 65.5 Å². The van der Waals surface area contributed by atoms with Gasteiger partial charge in [-0.25, -0.2) is 0 Å². The first kappa shape index (κ1) is 39.0. The molecule has 1 unspecified atom stereocenters. The molecule has 44 heavy (non-hydrogen) atoms. The second-order valence-electron chi connectivity index (χ2n) is 11.9. The molecule has 0 radical (unpaired) electrons. The van der Waals surface area contributed by atoms with E-state index in [1.54, 1.807) is 31.4 Å². The van der Waals surface area contributed by atoms with Gasteiger partial charge in [-0.15, -0.1) is 11.3 Å². The van der Waals surface area contributed by atoms with E-state index in [-0.39, 0.29) is 31.2 Å². The van der Waals surface area contributed by atoms with Crippen molar-refractivity contribution >= 4 is 41.0 Å². The summed E-state index contributed by atoms with van der Waals surface area (Å²) >= 11 is 1.25. The van der Waals surface area contributed by atoms with E-state index in [1.165, 1.54) is 11.3 Å². The van der Waals surface area contributed by atoms with Gasteiger partial charge >= 0.3 is 11.9 Å². The van der Waals surface area contributed by atoms with Crippen molar-refractivity contribution in [2.45, 2.75) is 116 Å². The number of hydrogen-bond acceptors (Lipinski definition) is 9. The molecule has 0 saturated heterocycles. The average Bonchev–Trinajstić information content (AvgIpc) is 3.51. The lowest BCUT2D eigenvalue weighted by molar-refractivity contribution is -0.140. The molecular formula is C30H51N5O8S. The summed E-state index contributed by atoms with van der Waals surface area (Å²) in [7, 11) is 0. The summed E-state index contributed by atoms with van der Waals surface area (Å²) in [6.45, 7) is 10.8. The van der Waals surface area contributed by atoms with Crippen LogP contribution in [0.3, 0.4) is 0 Å². The van der Waals surface area contributed by atoms with E-state index in [0.29, 0.717) is 30.6 Å². The maximum absolute atomic E-state index is 14.0. The summed E-state index contributed by atoms with van der Waals surface area (Å²) in [4.78, 5) is 63.5. The molecule has 0 aliphatic heterocycles. The number of amides is 3. The van der Waals surface area contributed by atoms with Crippen LogP contribution in [0.1, 0.15) is 84.9 Å². The normalized spacial score (nSPS) is 16.9. The van der Waals surface area contributed by atoms with Crippen molar-refractivity contribution in [1.29, 1.82) is 0 Å². The van der Waals surface area contributed by atoms with Gasteiger partial charge in [0.1, 0.15) is 12.1 Å². The van der Waals surface area contributed by atoms with Crippen LogP contribution < -0.4 is 27.0 Å². The monoisotopic (exact) mass is 641 g/mol. The Kier molecular flexibility index (Phi) is 16.5. The SMILES string of the molecule is CCC[C@H](NCC(O)[C@H](CC(C)C)NC(=O)[C@](C)(NC(=O)[C@@H](NC(=O)[C@@H](N)CCC(=O)O)[C@@H](C)CC)c1cccs1)C(=O)O. The molecule has 1 heterocycles. The van der Waals surface area contributed by atoms with Crippen molar-refractivity contribution in [3.05, 3.63) is 22.4 Å². The third-order valence-electron chi connectivity index (χ3n) is 7.60. The van der Waals surface area contributed by atoms with Crippen LogP contribution >= 0.6 is 11.3 Å². The van der Waals surface area contributed by atoms with Gasteiger partial charge in [0.15, 0.2) is 5.54 Å². The van der Waals surface area contributed by atoms with Crippen LogP contribution in [0.5, 0.6) is 0 Å². The van der Waals surface area contributed by atoms with Gasteiger partial charge in [0, 0.05) is 17.8 Å². The third-order valence-corrected chi connectivity index (χ3v) is 8.69. The summed E-state index contributed by atoms with van der Waals surface area (Å²) in [6, 6.07) is -0.381. The van der Waals surface area contributed by atoms with E-state index in [9.17, 15) is 34.2 Å². The highest BCUT2D eigenvalue weighted by Gasteiger charge is 2.42. The summed E-state index contributed by atoms with van der Waals surface area (Å²) in [5.41, 5.74) is 4.28. The van der Waals surface area contributed by atoms with E-state index in [0.717, 1.165) is 0 Å². The number of carboxylic acid groups (broad SMARTS) is 2. The van der Waals surface area contributed by atoms with E-state index >= 15 is 0 Å². The zero-order chi connectivity index (χ0) is 33.6. The average molecular weight is 642 g/mol. The topological polar surface area (TPSA) is 220 Å². The quantitative estimate of drug-likeness (QED) is 0.0967. The van der Waals surface area contributed by atoms with E-state index in [4.69, 9.17) is 10.8 Å². The van der Waals surface area contributed by atoms with Gasteiger partial charge in [-0.1, -0.05) is 53.5 Å². The minimum atomic E-state index is -1.60. The lowest BCUT2D eigenvalue weighted by Gasteiger charge is -2.35. The first-order valence-corrected chi connectivity index (χ1v) is 16.0. The second-order valence-corrected chi connectivity index (χ2v) is 12.8. The Morgan fingerprint density at radius 2 is 1.68 bits per heavy atom. The van der Waals surface area contributed by atoms with Crippen molar-refractivity contribution in [3.8, 4) is 0 Å². The fourth-order valence-electron chi connectivity index (χ4n) is 4.63. The highest BCUT2D eigenvalue weighted by Crippen LogP contribution is 2.27. The molecule has 13 nitrogen and oxygen atoms in total. The molecule has 0 aliphatic rings. The fraction of sp³-hybridized carbons (Fsp3) is 0.700. The van der Waals surface area contributed by atoms with Gasteiger partial charge in [-0.05, 0) is 49.5 Å². The van der Waals surface area contributed by atoms with Gasteiger partial charge in [0.25, 0.3) is 5.91 Å². The predicted molar refractivity (Wildman–Crippen MR) is 168 cm³/mol. The fourth-order valence-corrected chi connectivity index (χ4v) is 5.47. The Morgan fingerprint density at radius 1 is 1.02 bits per heavy atom. The highest BCUT2D eigenvalue weighted by atomic mass is 32.1. The molecular weight excluding hydrogens is 590 g/mol. The van der Waals surface area contributed by atoms with Gasteiger partial charge in [-0.2, -0.15) is 0 Å². The molecule has 0 spiro atoms. The molecule has 0 saturated carbocycles. The number of aliphatic hydroxyl groups is 1. The molecule has 1 aromatic rings. The molecule has 1 rings (SSSR count). The Balaban J connectivity index is 3.26. The van der Waals surface area contributed by atoms with E-state index in [1.807, 2.05) is 27.7 Å². The smallest absolute Gasteiger partial charge is 0.320 e. The summed E-state index contributed by atoms with van der Waals surface area (Å²) in [5, 5.41) is 42.4. The van der Waals surface area contributed by atoms with Gasteiger partial charge in [-0.3, -0.25) is 24.0 Å². The van der Waals surface area contributed by atoms with Crippen LogP contribution in [-0.4, -0.2) is 81.8 Å². The van der Waals surface area contributed by atoms with Gasteiger partial charge < -0.3 is 42.3 Å². The van der Waals surface area contributed by atoms with Crippen LogP contribution in [0.25, 0.3) is 0 Å². The van der Waals surface area contributed by atoms with Crippen LogP contribution in [0, 0.1) is 11.8 Å². The largest absolute Gasteiger partial charge is 0.481 e. The maximum Gasteiger partial charge on any atom is 0.320 e. The third kappa shape index (κ3) is 12.1. The van der Waals surface area contributed by atoms with Gasteiger partial charge in [0.2, 0.25) is 11.8 Å². The molecule has 0 fully saturated rings. The number of rotatable bonds is 21. The molecule has 0 aromatic carbocycles. The molecule has 250 valence electrons. The Labute approximate surface area is 263 Å². The van der Waals surface area contributed by atoms with Crippen molar-refractivity contribution < 1.29 is 39.3 Å². The number of hydrogen-bond donors (Lipinski definition) is 8. The van der Waals surface area contributed by atoms with Crippen molar-refractivity contribution in [2.75, 3.05) is 6.54 Å². The van der Waals surface area contributed by atoms with E-state index in [2.05, 4.69) is 21.3 Å². The number of nitrogens with one attached hydrogen (secondary N) is 4. The Hall–Kier alpha value is -3.07. The summed E-state index contributed by atoms with van der Waals surface area (Å²) < 4.78 is 0. The molecule has 9 N–H and O–H groups in total. The standard InChI is InChI=1S/C30H51N5O8S/c1-7-10-20(28(41)42)32-16-22(36)21(15-17(3)4)33-29(43)30(6,23-11-9-14-44-23)35-27(40)25(18(5)8-2)34-26(39)19(31)12-13-24(37)38/h9,11,14,17-22,25,32,36H,7-8,10,12-13,15-16,31H2,1-6H3,(H,33,43)(H,34,39)(H,35,40)(H,37,38)(H,41,42)/t18-,19-,20-,21-,22?,25-,30+/m0/s1. The number of aliphatic hydroxyl groups excluding tert-OH is 1. The Bertz CT molecular complexity index is 1090. The lowest BCUT2D eigenvalue weighted by atomic mass is 9.92. The first-order valence-electron chi connectivity index (χ1n) is 15.2. The van der Waals surface area contributed by atoms with Crippen molar-refractivity contribution in [3.63, 3.8) is 0 Å². The lowest BCUT2D eigenvalue weighted by Crippen LogP contribution is -2.62. The minimum Gasteiger partial charge on any atom is -0.481 e. The van der Waals surface area contributed by atoms with Crippen molar-refractivity contribution in [1.82, 2.24) is 21.3 Å². The van der Waals surface area contributed by atoms with Crippen LogP contribution in [0.15, 0.2) is 17.5 Å². The number of thiophene rings is 1. The zero-order valence-corrected chi connectivity index (χ0v) is 27.4. The molecule has 7 atom stereocenters. The van der Waals surface area contributed by atoms with Crippen LogP contribution in [0.2, 0.25) is 0 Å². The first-order chi connectivity index (χ1) is 20.6. The number of nitrogens with two attached hydrogens (primary N) is 1. The Morgan fingerprint density at radius 3 is 2.18 bits per heavy atom. The van der Waals surface area contributed by atoms with Crippen molar-refractivity contribution in [2.24, 2.45) is 17.6 Å². The number of carboxylic acids is 2. The molecule has 0 bridgehead atoms.